The molecule has 3 aromatic carbocycles. The third kappa shape index (κ3) is 7.11. The summed E-state index contributed by atoms with van der Waals surface area (Å²) < 4.78 is 5.83. The molecular weight excluding hydrogens is 449 g/mol. The summed E-state index contributed by atoms with van der Waals surface area (Å²) in [5.41, 5.74) is 4.79. The van der Waals surface area contributed by atoms with Crippen LogP contribution in [-0.2, 0) is 22.6 Å². The maximum Gasteiger partial charge on any atom is 0.329 e. The van der Waals surface area contributed by atoms with E-state index in [1.165, 1.54) is 6.21 Å². The van der Waals surface area contributed by atoms with Crippen LogP contribution in [-0.4, -0.2) is 24.6 Å². The van der Waals surface area contributed by atoms with Gasteiger partial charge in [0.05, 0.1) is 16.3 Å². The van der Waals surface area contributed by atoms with Gasteiger partial charge in [-0.1, -0.05) is 71.7 Å². The number of nitrogens with zero attached hydrogens (tertiary/aromatic N) is 1. The lowest BCUT2D eigenvalue weighted by Gasteiger charge is -2.09. The first-order chi connectivity index (χ1) is 15.5. The van der Waals surface area contributed by atoms with Gasteiger partial charge in [-0.05, 0) is 41.8 Å². The van der Waals surface area contributed by atoms with Crippen molar-refractivity contribution in [3.05, 3.63) is 99.5 Å². The standard InChI is InChI=1S/C24H21Cl2N3O3/c25-20-11-10-18(14-21(20)26)16-32-22-9-5-4-8-19(22)15-28-29-24(31)23(30)27-13-12-17-6-2-1-3-7-17/h1-11,14-15H,12-13,16H2,(H,27,30)(H,29,31)/b28-15-. The molecule has 0 saturated heterocycles. The van der Waals surface area contributed by atoms with Crippen LogP contribution in [0.15, 0.2) is 77.9 Å². The fraction of sp³-hybridized carbons (Fsp3) is 0.125. The molecule has 0 atom stereocenters. The zero-order chi connectivity index (χ0) is 22.8. The molecule has 0 heterocycles. The molecule has 2 amide bonds. The highest BCUT2D eigenvalue weighted by Gasteiger charge is 2.11. The Morgan fingerprint density at radius 3 is 2.41 bits per heavy atom. The van der Waals surface area contributed by atoms with Gasteiger partial charge < -0.3 is 10.1 Å². The van der Waals surface area contributed by atoms with Gasteiger partial charge in [-0.3, -0.25) is 9.59 Å². The number of carbonyl (C=O) groups excluding carboxylic acids is 2. The first kappa shape index (κ1) is 23.3. The Balaban J connectivity index is 1.49. The average molecular weight is 470 g/mol. The molecular formula is C24H21Cl2N3O3. The van der Waals surface area contributed by atoms with E-state index in [0.717, 1.165) is 11.1 Å². The molecule has 0 aliphatic heterocycles. The van der Waals surface area contributed by atoms with E-state index in [2.05, 4.69) is 15.8 Å². The summed E-state index contributed by atoms with van der Waals surface area (Å²) in [6.45, 7) is 0.628. The van der Waals surface area contributed by atoms with E-state index >= 15 is 0 Å². The monoisotopic (exact) mass is 469 g/mol. The fourth-order valence-corrected chi connectivity index (χ4v) is 3.09. The van der Waals surface area contributed by atoms with E-state index in [0.29, 0.717) is 34.3 Å². The van der Waals surface area contributed by atoms with Gasteiger partial charge in [0.25, 0.3) is 0 Å². The van der Waals surface area contributed by atoms with Crippen molar-refractivity contribution in [2.75, 3.05) is 6.54 Å². The molecule has 0 fully saturated rings. The predicted molar refractivity (Wildman–Crippen MR) is 126 cm³/mol. The third-order valence-corrected chi connectivity index (χ3v) is 5.15. The van der Waals surface area contributed by atoms with E-state index in [1.54, 1.807) is 24.3 Å². The fourth-order valence-electron chi connectivity index (χ4n) is 2.77. The number of carbonyl (C=O) groups is 2. The highest BCUT2D eigenvalue weighted by molar-refractivity contribution is 6.42. The van der Waals surface area contributed by atoms with Crippen molar-refractivity contribution in [1.29, 1.82) is 0 Å². The summed E-state index contributed by atoms with van der Waals surface area (Å²) in [6, 6.07) is 22.1. The van der Waals surface area contributed by atoms with E-state index < -0.39 is 11.8 Å². The van der Waals surface area contributed by atoms with Crippen LogP contribution in [0.2, 0.25) is 10.0 Å². The van der Waals surface area contributed by atoms with Gasteiger partial charge in [0.1, 0.15) is 12.4 Å². The molecule has 0 bridgehead atoms. The minimum absolute atomic E-state index is 0.276. The molecule has 0 saturated carbocycles. The van der Waals surface area contributed by atoms with E-state index in [1.807, 2.05) is 48.5 Å². The number of hydrogen-bond donors (Lipinski definition) is 2. The Labute approximate surface area is 196 Å². The molecule has 8 heteroatoms. The van der Waals surface area contributed by atoms with E-state index in [9.17, 15) is 9.59 Å². The Bertz CT molecular complexity index is 1100. The summed E-state index contributed by atoms with van der Waals surface area (Å²) in [5, 5.41) is 7.36. The first-order valence-corrected chi connectivity index (χ1v) is 10.6. The Hall–Kier alpha value is -3.35. The molecule has 3 aromatic rings. The van der Waals surface area contributed by atoms with Crippen molar-refractivity contribution in [3.63, 3.8) is 0 Å². The molecule has 0 aliphatic carbocycles. The quantitative estimate of drug-likeness (QED) is 0.291. The van der Waals surface area contributed by atoms with Crippen molar-refractivity contribution < 1.29 is 14.3 Å². The highest BCUT2D eigenvalue weighted by atomic mass is 35.5. The SMILES string of the molecule is O=C(NCCc1ccccc1)C(=O)N/N=C\c1ccccc1OCc1ccc(Cl)c(Cl)c1. The van der Waals surface area contributed by atoms with Gasteiger partial charge in [0.2, 0.25) is 0 Å². The van der Waals surface area contributed by atoms with Crippen LogP contribution in [0.5, 0.6) is 5.75 Å². The number of para-hydroxylation sites is 1. The largest absolute Gasteiger partial charge is 0.488 e. The predicted octanol–water partition coefficient (Wildman–Crippen LogP) is 4.38. The molecule has 0 aliphatic rings. The minimum atomic E-state index is -0.844. The molecule has 164 valence electrons. The van der Waals surface area contributed by atoms with Gasteiger partial charge in [-0.25, -0.2) is 5.43 Å². The second-order valence-corrected chi connectivity index (χ2v) is 7.58. The van der Waals surface area contributed by atoms with Gasteiger partial charge in [-0.2, -0.15) is 5.10 Å². The molecule has 0 aromatic heterocycles. The number of benzene rings is 3. The molecule has 0 spiro atoms. The molecule has 2 N–H and O–H groups in total. The second-order valence-electron chi connectivity index (χ2n) is 6.77. The lowest BCUT2D eigenvalue weighted by molar-refractivity contribution is -0.139. The summed E-state index contributed by atoms with van der Waals surface area (Å²) in [4.78, 5) is 23.9. The first-order valence-electron chi connectivity index (χ1n) is 9.84. The number of rotatable bonds is 8. The third-order valence-electron chi connectivity index (χ3n) is 4.42. The number of ether oxygens (including phenoxy) is 1. The molecule has 6 nitrogen and oxygen atoms in total. The lowest BCUT2D eigenvalue weighted by Crippen LogP contribution is -2.38. The van der Waals surface area contributed by atoms with Crippen LogP contribution < -0.4 is 15.5 Å². The summed E-state index contributed by atoms with van der Waals surface area (Å²) >= 11 is 12.0. The maximum atomic E-state index is 11.9. The normalized spacial score (nSPS) is 10.7. The highest BCUT2D eigenvalue weighted by Crippen LogP contribution is 2.24. The van der Waals surface area contributed by atoms with Gasteiger partial charge in [-0.15, -0.1) is 0 Å². The van der Waals surface area contributed by atoms with Crippen LogP contribution in [0.3, 0.4) is 0 Å². The summed E-state index contributed by atoms with van der Waals surface area (Å²) in [5.74, 6) is -1.03. The summed E-state index contributed by atoms with van der Waals surface area (Å²) in [7, 11) is 0. The zero-order valence-corrected chi connectivity index (χ0v) is 18.6. The zero-order valence-electron chi connectivity index (χ0n) is 17.1. The van der Waals surface area contributed by atoms with Crippen LogP contribution >= 0.6 is 23.2 Å². The van der Waals surface area contributed by atoms with E-state index in [-0.39, 0.29) is 6.61 Å². The Morgan fingerprint density at radius 1 is 0.875 bits per heavy atom. The molecule has 32 heavy (non-hydrogen) atoms. The summed E-state index contributed by atoms with van der Waals surface area (Å²) in [6.07, 6.45) is 2.05. The Kier molecular flexibility index (Phi) is 8.66. The number of amides is 2. The second kappa shape index (κ2) is 11.9. The topological polar surface area (TPSA) is 79.8 Å². The van der Waals surface area contributed by atoms with Gasteiger partial charge in [0, 0.05) is 12.1 Å². The van der Waals surface area contributed by atoms with Crippen molar-refractivity contribution in [3.8, 4) is 5.75 Å². The molecule has 0 radical (unpaired) electrons. The van der Waals surface area contributed by atoms with Crippen molar-refractivity contribution in [2.45, 2.75) is 13.0 Å². The number of nitrogens with one attached hydrogen (secondary N) is 2. The lowest BCUT2D eigenvalue weighted by atomic mass is 10.1. The Morgan fingerprint density at radius 2 is 1.62 bits per heavy atom. The number of hydrazone groups is 1. The van der Waals surface area contributed by atoms with Crippen LogP contribution in [0.4, 0.5) is 0 Å². The van der Waals surface area contributed by atoms with Crippen molar-refractivity contribution >= 4 is 41.2 Å². The van der Waals surface area contributed by atoms with Gasteiger partial charge >= 0.3 is 11.8 Å². The van der Waals surface area contributed by atoms with Crippen LogP contribution in [0.25, 0.3) is 0 Å². The number of hydrogen-bond acceptors (Lipinski definition) is 4. The average Bonchev–Trinajstić information content (AvgIpc) is 2.81. The van der Waals surface area contributed by atoms with Crippen molar-refractivity contribution in [1.82, 2.24) is 10.7 Å². The minimum Gasteiger partial charge on any atom is -0.488 e. The van der Waals surface area contributed by atoms with Crippen molar-refractivity contribution in [2.24, 2.45) is 5.10 Å². The van der Waals surface area contributed by atoms with Crippen LogP contribution in [0, 0.1) is 0 Å². The van der Waals surface area contributed by atoms with E-state index in [4.69, 9.17) is 27.9 Å². The van der Waals surface area contributed by atoms with Gasteiger partial charge in [0.15, 0.2) is 0 Å². The smallest absolute Gasteiger partial charge is 0.329 e. The maximum absolute atomic E-state index is 11.9. The molecule has 0 unspecified atom stereocenters. The number of halogens is 2. The molecule has 3 rings (SSSR count). The van der Waals surface area contributed by atoms with Crippen LogP contribution in [0.1, 0.15) is 16.7 Å².